The van der Waals surface area contributed by atoms with Crippen LogP contribution in [-0.4, -0.2) is 188 Å². The van der Waals surface area contributed by atoms with Crippen LogP contribution in [0.2, 0.25) is 0 Å². The molecule has 588 valence electrons. The Hall–Kier alpha value is -9.53. The molecular formula is C79H97N11O18S2. The first-order chi connectivity index (χ1) is 52.2. The predicted octanol–water partition coefficient (Wildman–Crippen LogP) is 8.62. The lowest BCUT2D eigenvalue weighted by Crippen LogP contribution is -2.60. The molecule has 4 aliphatic carbocycles. The Balaban J connectivity index is 0.694. The number of para-hydroxylation sites is 1. The van der Waals surface area contributed by atoms with E-state index < -0.39 is 94.2 Å². The van der Waals surface area contributed by atoms with Gasteiger partial charge >= 0.3 is 18.0 Å². The van der Waals surface area contributed by atoms with Gasteiger partial charge in [0.05, 0.1) is 40.4 Å². The van der Waals surface area contributed by atoms with Crippen LogP contribution in [0.5, 0.6) is 0 Å². The van der Waals surface area contributed by atoms with Crippen LogP contribution in [0, 0.1) is 27.6 Å². The molecule has 3 aliphatic heterocycles. The number of imide groups is 1. The highest BCUT2D eigenvalue weighted by atomic mass is 32.2. The van der Waals surface area contributed by atoms with Gasteiger partial charge in [-0.1, -0.05) is 75.8 Å². The van der Waals surface area contributed by atoms with Gasteiger partial charge in [-0.3, -0.25) is 48.5 Å². The maximum Gasteiger partial charge on any atom is 0.410 e. The number of hydrogen-bond acceptors (Lipinski definition) is 21. The van der Waals surface area contributed by atoms with Gasteiger partial charge in [0.25, 0.3) is 27.8 Å². The number of fused-ring (bicyclic) bond motifs is 4. The Morgan fingerprint density at radius 2 is 1.63 bits per heavy atom. The lowest BCUT2D eigenvalue weighted by Gasteiger charge is -2.65. The van der Waals surface area contributed by atoms with E-state index in [0.717, 1.165) is 56.8 Å². The van der Waals surface area contributed by atoms with Crippen molar-refractivity contribution in [2.75, 3.05) is 60.6 Å². The summed E-state index contributed by atoms with van der Waals surface area (Å²) in [5.74, 6) is -5.94. The number of pyridine rings is 1. The van der Waals surface area contributed by atoms with Crippen molar-refractivity contribution in [1.82, 2.24) is 30.4 Å². The first-order valence-electron chi connectivity index (χ1n) is 37.5. The number of aliphatic hydroxyl groups is 1. The number of carbonyl (C=O) groups excluding carboxylic acids is 7. The number of aliphatic carboxylic acids is 1. The molecular weight excluding hydrogens is 1460 g/mol. The number of amides is 7. The average molecular weight is 1550 g/mol. The maximum absolute atomic E-state index is 14.4. The summed E-state index contributed by atoms with van der Waals surface area (Å²) in [5, 5.41) is 42.9. The fourth-order valence-electron chi connectivity index (χ4n) is 18.8. The first-order valence-corrected chi connectivity index (χ1v) is 40.0. The zero-order valence-electron chi connectivity index (χ0n) is 62.7. The number of aliphatic hydroxyl groups excluding tert-OH is 1. The summed E-state index contributed by atoms with van der Waals surface area (Å²) in [5.41, 5.74) is 10.4. The summed E-state index contributed by atoms with van der Waals surface area (Å²) in [6, 6.07) is 19.4. The summed E-state index contributed by atoms with van der Waals surface area (Å²) in [6.45, 7) is 11.9. The van der Waals surface area contributed by atoms with Gasteiger partial charge in [-0.05, 0) is 183 Å². The number of nitrogens with zero attached hydrogens (tertiary/aromatic N) is 6. The normalized spacial score (nSPS) is 25.2. The highest BCUT2D eigenvalue weighted by Gasteiger charge is 2.84. The van der Waals surface area contributed by atoms with Crippen molar-refractivity contribution in [2.24, 2.45) is 38.3 Å². The molecule has 4 saturated carbocycles. The van der Waals surface area contributed by atoms with Crippen LogP contribution in [0.1, 0.15) is 174 Å². The number of nitrogens with two attached hydrogens (primary N) is 1. The number of unbranched alkanes of at least 4 members (excludes halogenated alkanes) is 2. The van der Waals surface area contributed by atoms with Crippen LogP contribution in [0.3, 0.4) is 0 Å². The number of aromatic nitrogens is 2. The van der Waals surface area contributed by atoms with Gasteiger partial charge in [0.2, 0.25) is 17.7 Å². The summed E-state index contributed by atoms with van der Waals surface area (Å²) >= 11 is 1.39. The molecule has 10 N–H and O–H groups in total. The van der Waals surface area contributed by atoms with E-state index in [1.807, 2.05) is 48.2 Å². The third-order valence-electron chi connectivity index (χ3n) is 23.4. The van der Waals surface area contributed by atoms with Crippen molar-refractivity contribution in [2.45, 2.75) is 187 Å². The molecule has 2 aromatic heterocycles. The molecule has 5 fully saturated rings. The summed E-state index contributed by atoms with van der Waals surface area (Å²) < 4.78 is 54.5. The van der Waals surface area contributed by atoms with E-state index in [2.05, 4.69) is 40.1 Å². The van der Waals surface area contributed by atoms with Crippen molar-refractivity contribution in [3.63, 3.8) is 0 Å². The lowest BCUT2D eigenvalue weighted by molar-refractivity contribution is -0.166. The third-order valence-corrected chi connectivity index (χ3v) is 25.1. The summed E-state index contributed by atoms with van der Waals surface area (Å²) in [6.07, 6.45) is 7.34. The van der Waals surface area contributed by atoms with E-state index in [-0.39, 0.29) is 115 Å². The Morgan fingerprint density at radius 3 is 2.35 bits per heavy atom. The fraction of sp³-hybridized carbons (Fsp3) is 0.519. The number of allylic oxidation sites excluding steroid dienone is 1. The highest BCUT2D eigenvalue weighted by molar-refractivity contribution is 7.85. The van der Waals surface area contributed by atoms with Crippen LogP contribution >= 0.6 is 11.3 Å². The van der Waals surface area contributed by atoms with Crippen molar-refractivity contribution in [1.29, 1.82) is 0 Å². The van der Waals surface area contributed by atoms with E-state index in [0.29, 0.717) is 103 Å². The van der Waals surface area contributed by atoms with Gasteiger partial charge in [0.15, 0.2) is 16.9 Å². The Morgan fingerprint density at radius 1 is 0.855 bits per heavy atom. The number of nitrogens with one attached hydrogen (secondary N) is 4. The molecule has 3 aromatic carbocycles. The van der Waals surface area contributed by atoms with E-state index in [9.17, 15) is 71.4 Å². The molecule has 3 bridgehead atoms. The maximum atomic E-state index is 14.4. The van der Waals surface area contributed by atoms with Crippen LogP contribution in [0.4, 0.5) is 21.4 Å². The molecule has 0 radical (unpaired) electrons. The smallest absolute Gasteiger partial charge is 0.410 e. The molecule has 5 aromatic rings. The molecule has 10 atom stereocenters. The molecule has 1 saturated heterocycles. The van der Waals surface area contributed by atoms with Gasteiger partial charge in [-0.15, -0.1) is 0 Å². The monoisotopic (exact) mass is 1550 g/mol. The van der Waals surface area contributed by atoms with Gasteiger partial charge < -0.3 is 61.0 Å². The Kier molecular flexibility index (Phi) is 23.6. The number of hydrogen-bond donors (Lipinski definition) is 9. The zero-order valence-corrected chi connectivity index (χ0v) is 64.3. The Labute approximate surface area is 642 Å². The molecule has 31 heteroatoms. The van der Waals surface area contributed by atoms with Gasteiger partial charge in [0.1, 0.15) is 24.5 Å². The second-order valence-corrected chi connectivity index (χ2v) is 34.4. The number of aryl methyl sites for hydroxylation is 1. The van der Waals surface area contributed by atoms with Crippen LogP contribution < -0.4 is 31.9 Å². The third kappa shape index (κ3) is 17.3. The van der Waals surface area contributed by atoms with Gasteiger partial charge in [-0.25, -0.2) is 24.4 Å². The second kappa shape index (κ2) is 32.4. The second-order valence-electron chi connectivity index (χ2n) is 31.8. The number of thiazole rings is 1. The van der Waals surface area contributed by atoms with Crippen molar-refractivity contribution in [3.05, 3.63) is 130 Å². The SMILES string of the molecule is CC(=NCC12CC3(OCCN(CCS(=O)(=O)O)C(=O)OCc4ccc(NC(=O)[C@H](C)NC(=O)[C@@H](NC(=O)CCCCCN5C(=O)C=CC5=O)C(C)C)cc4CC[C@H]4C[C@@H](O)C[C@@H](C(=O)O)O4)CC4(C)CC(C)(C1)C2(C4)C3)C(=CN)c1ccc(N2CCc3cccc(C(=O)Nc4nc5ccccc5s4)c3C2)nc1C(=O)O. The van der Waals surface area contributed by atoms with Gasteiger partial charge in [0, 0.05) is 98.6 Å². The van der Waals surface area contributed by atoms with Crippen molar-refractivity contribution < 1.29 is 85.7 Å². The number of aliphatic imine (C=N–C) groups is 1. The minimum atomic E-state index is -4.59. The molecule has 110 heavy (non-hydrogen) atoms. The minimum absolute atomic E-state index is 0.0289. The molecule has 29 nitrogen and oxygen atoms in total. The van der Waals surface area contributed by atoms with Crippen LogP contribution in [-0.2, 0) is 79.1 Å². The zero-order chi connectivity index (χ0) is 78.8. The van der Waals surface area contributed by atoms with Crippen molar-refractivity contribution in [3.8, 4) is 0 Å². The van der Waals surface area contributed by atoms with Gasteiger partial charge in [-0.2, -0.15) is 8.42 Å². The number of carboxylic acids is 2. The number of benzene rings is 3. The lowest BCUT2D eigenvalue weighted by atomic mass is 9.39. The van der Waals surface area contributed by atoms with Crippen LogP contribution in [0.25, 0.3) is 15.8 Å². The predicted molar refractivity (Wildman–Crippen MR) is 409 cm³/mol. The number of carboxylic acid groups (broad SMARTS) is 2. The molecule has 1 spiro atoms. The molecule has 12 rings (SSSR count). The number of anilines is 3. The molecule has 7 aliphatic rings. The first kappa shape index (κ1) is 80.0. The standard InChI is InChI=1S/C79H97N11O18S2/c1-46(2)66(86-63(92)17-8-7-11-27-90-64(93)24-25-65(90)94)70(97)82-48(4)68(95)83-52-20-18-51(50(33-52)19-21-54-34-53(91)35-60(108-54)71(98)99)38-106-74(102)88(30-32-110(103,104)105)29-31-107-78-40-75(5)39-76(6)42-77(43-78,79(76,41-75)44-78)45-81-47(3)57(36-80)55-22-23-62(85-67(55)72(100)101)89-28-26-49-13-12-14-56(58(49)37-89)69(96)87-73-84-59-15-9-10-16-61(59)109-73/h9-10,12-16,18,20,22-25,33,36,46,48,53-54,60,66,91H,7-8,11,17,19,21,26-32,34-35,37-45,80H2,1-6H3,(H,82,97)(H,83,95)(H,86,92)(H,98,99)(H,100,101)(H,84,87,96)(H,103,104,105)/t48-,53+,54-,60-,66-,75?,76?,77?,78?,79?/m0/s1. The van der Waals surface area contributed by atoms with E-state index in [1.54, 1.807) is 50.2 Å². The molecule has 5 unspecified atom stereocenters. The average Bonchev–Trinajstić information content (AvgIpc) is 1.45. The fourth-order valence-corrected chi connectivity index (χ4v) is 20.1. The molecule has 7 amide bonds. The minimum Gasteiger partial charge on any atom is -0.479 e. The number of ether oxygens (including phenoxy) is 3. The quantitative estimate of drug-likeness (QED) is 0.00821. The Bertz CT molecular complexity index is 4630. The summed E-state index contributed by atoms with van der Waals surface area (Å²) in [4.78, 5) is 137. The topological polar surface area (TPSA) is 418 Å². The number of aromatic carboxylic acids is 1. The highest BCUT2D eigenvalue weighted by Crippen LogP contribution is 2.89. The number of rotatable bonds is 33. The molecule has 5 heterocycles. The largest absolute Gasteiger partial charge is 0.479 e. The van der Waals surface area contributed by atoms with E-state index in [1.165, 1.54) is 36.6 Å². The van der Waals surface area contributed by atoms with E-state index in [4.69, 9.17) is 29.9 Å². The van der Waals surface area contributed by atoms with Crippen molar-refractivity contribution >= 4 is 113 Å². The summed E-state index contributed by atoms with van der Waals surface area (Å²) in [7, 11) is -4.59. The van der Waals surface area contributed by atoms with E-state index >= 15 is 0 Å². The van der Waals surface area contributed by atoms with Crippen LogP contribution in [0.15, 0.2) is 96.1 Å². The number of carbonyl (C=O) groups is 9.